The van der Waals surface area contributed by atoms with E-state index in [9.17, 15) is 4.79 Å². The molecule has 2 aromatic rings. The number of benzene rings is 1. The maximum atomic E-state index is 12.6. The van der Waals surface area contributed by atoms with Crippen molar-refractivity contribution in [2.45, 2.75) is 26.2 Å². The molecular formula is C16H19NOS. The van der Waals surface area contributed by atoms with Gasteiger partial charge in [0.25, 0.3) is 0 Å². The molecule has 100 valence electrons. The zero-order valence-corrected chi connectivity index (χ0v) is 12.4. The van der Waals surface area contributed by atoms with Crippen LogP contribution < -0.4 is 4.90 Å². The lowest BCUT2D eigenvalue weighted by atomic mass is 10.0. The fraction of sp³-hybridized carbons (Fsp3) is 0.312. The number of carbonyl (C=O) groups excluding carboxylic acids is 1. The van der Waals surface area contributed by atoms with Gasteiger partial charge in [-0.1, -0.05) is 30.7 Å². The maximum Gasteiger partial charge on any atom is 0.235 e. The largest absolute Gasteiger partial charge is 0.315 e. The molecule has 2 nitrogen and oxygen atoms in total. The molecule has 1 atom stereocenters. The quantitative estimate of drug-likeness (QED) is 0.817. The molecule has 0 aliphatic rings. The summed E-state index contributed by atoms with van der Waals surface area (Å²) in [7, 11) is 1.85. The van der Waals surface area contributed by atoms with Crippen LogP contribution in [0.25, 0.3) is 0 Å². The smallest absolute Gasteiger partial charge is 0.235 e. The van der Waals surface area contributed by atoms with Crippen molar-refractivity contribution in [2.24, 2.45) is 0 Å². The molecule has 19 heavy (non-hydrogen) atoms. The topological polar surface area (TPSA) is 20.3 Å². The normalized spacial score (nSPS) is 12.2. The van der Waals surface area contributed by atoms with Crippen molar-refractivity contribution in [2.75, 3.05) is 11.9 Å². The first kappa shape index (κ1) is 13.8. The van der Waals surface area contributed by atoms with Gasteiger partial charge in [0.15, 0.2) is 0 Å². The zero-order chi connectivity index (χ0) is 13.8. The Morgan fingerprint density at radius 1 is 1.26 bits per heavy atom. The van der Waals surface area contributed by atoms with Crippen LogP contribution >= 0.6 is 11.3 Å². The first-order valence-corrected chi connectivity index (χ1v) is 7.39. The van der Waals surface area contributed by atoms with Gasteiger partial charge < -0.3 is 4.90 Å². The van der Waals surface area contributed by atoms with Crippen LogP contribution in [0.15, 0.2) is 41.8 Å². The highest BCUT2D eigenvalue weighted by Gasteiger charge is 2.23. The second kappa shape index (κ2) is 6.02. The number of nitrogens with zero attached hydrogens (tertiary/aromatic N) is 1. The average Bonchev–Trinajstić information content (AvgIpc) is 2.93. The number of rotatable bonds is 4. The van der Waals surface area contributed by atoms with Crippen molar-refractivity contribution in [3.63, 3.8) is 0 Å². The van der Waals surface area contributed by atoms with Crippen molar-refractivity contribution in [3.8, 4) is 0 Å². The van der Waals surface area contributed by atoms with Gasteiger partial charge >= 0.3 is 0 Å². The number of hydrogen-bond acceptors (Lipinski definition) is 2. The molecule has 0 N–H and O–H groups in total. The second-order valence-electron chi connectivity index (χ2n) is 4.71. The average molecular weight is 273 g/mol. The third-order valence-corrected chi connectivity index (χ3v) is 4.33. The number of amides is 1. The van der Waals surface area contributed by atoms with Gasteiger partial charge in [-0.15, -0.1) is 11.3 Å². The van der Waals surface area contributed by atoms with E-state index in [1.807, 2.05) is 55.7 Å². The van der Waals surface area contributed by atoms with E-state index < -0.39 is 0 Å². The van der Waals surface area contributed by atoms with Gasteiger partial charge in [-0.2, -0.15) is 0 Å². The number of hydrogen-bond donors (Lipinski definition) is 0. The Morgan fingerprint density at radius 2 is 1.95 bits per heavy atom. The zero-order valence-electron chi connectivity index (χ0n) is 11.6. The number of thiophene rings is 1. The molecule has 1 heterocycles. The van der Waals surface area contributed by atoms with E-state index in [1.54, 1.807) is 16.2 Å². The fourth-order valence-electron chi connectivity index (χ4n) is 2.12. The molecule has 0 aliphatic carbocycles. The minimum Gasteiger partial charge on any atom is -0.315 e. The van der Waals surface area contributed by atoms with E-state index in [0.29, 0.717) is 0 Å². The summed E-state index contributed by atoms with van der Waals surface area (Å²) in [5, 5.41) is 2.02. The highest BCUT2D eigenvalue weighted by molar-refractivity contribution is 7.10. The molecule has 0 spiro atoms. The monoisotopic (exact) mass is 273 g/mol. The Balaban J connectivity index is 2.20. The summed E-state index contributed by atoms with van der Waals surface area (Å²) in [6, 6.07) is 12.1. The van der Waals surface area contributed by atoms with Crippen LogP contribution in [-0.2, 0) is 4.79 Å². The number of carbonyl (C=O) groups is 1. The van der Waals surface area contributed by atoms with Gasteiger partial charge in [-0.3, -0.25) is 4.79 Å². The molecule has 0 saturated heterocycles. The van der Waals surface area contributed by atoms with Crippen molar-refractivity contribution in [1.82, 2.24) is 0 Å². The highest BCUT2D eigenvalue weighted by atomic mass is 32.1. The lowest BCUT2D eigenvalue weighted by Gasteiger charge is -2.22. The molecule has 0 saturated carbocycles. The maximum absolute atomic E-state index is 12.6. The van der Waals surface area contributed by atoms with Gasteiger partial charge in [0.05, 0.1) is 5.92 Å². The Labute approximate surface area is 118 Å². The van der Waals surface area contributed by atoms with Crippen LogP contribution in [0.2, 0.25) is 0 Å². The van der Waals surface area contributed by atoms with Crippen molar-refractivity contribution < 1.29 is 4.79 Å². The summed E-state index contributed by atoms with van der Waals surface area (Å²) in [6.45, 7) is 4.11. The first-order valence-electron chi connectivity index (χ1n) is 6.51. The van der Waals surface area contributed by atoms with Crippen LogP contribution in [0, 0.1) is 6.92 Å². The van der Waals surface area contributed by atoms with Gasteiger partial charge in [0, 0.05) is 17.6 Å². The minimum atomic E-state index is -0.0358. The molecule has 1 amide bonds. The predicted molar refractivity (Wildman–Crippen MR) is 81.9 cm³/mol. The molecule has 0 fully saturated rings. The first-order chi connectivity index (χ1) is 9.13. The number of aryl methyl sites for hydroxylation is 1. The third-order valence-electron chi connectivity index (χ3n) is 3.34. The summed E-state index contributed by atoms with van der Waals surface area (Å²) in [5.74, 6) is 0.125. The van der Waals surface area contributed by atoms with Crippen LogP contribution in [0.5, 0.6) is 0 Å². The molecule has 0 radical (unpaired) electrons. The number of anilines is 1. The van der Waals surface area contributed by atoms with Crippen LogP contribution in [-0.4, -0.2) is 13.0 Å². The molecule has 2 rings (SSSR count). The predicted octanol–water partition coefficient (Wildman–Crippen LogP) is 4.21. The molecule has 1 aromatic heterocycles. The minimum absolute atomic E-state index is 0.0358. The third kappa shape index (κ3) is 3.04. The van der Waals surface area contributed by atoms with E-state index in [4.69, 9.17) is 0 Å². The number of likely N-dealkylation sites (N-methyl/N-ethyl adjacent to an activating group) is 1. The molecule has 1 unspecified atom stereocenters. The molecular weight excluding hydrogens is 254 g/mol. The molecule has 0 aliphatic heterocycles. The molecule has 1 aromatic carbocycles. The van der Waals surface area contributed by atoms with Crippen molar-refractivity contribution in [3.05, 3.63) is 52.2 Å². The lowest BCUT2D eigenvalue weighted by Crippen LogP contribution is -2.31. The standard InChI is InChI=1S/C16H19NOS/c1-4-14(15-6-5-11-19-15)16(18)17(3)13-9-7-12(2)8-10-13/h5-11,14H,4H2,1-3H3. The Hall–Kier alpha value is -1.61. The summed E-state index contributed by atoms with van der Waals surface area (Å²) in [5.41, 5.74) is 2.15. The van der Waals surface area contributed by atoms with Gasteiger partial charge in [0.2, 0.25) is 5.91 Å². The lowest BCUT2D eigenvalue weighted by molar-refractivity contribution is -0.119. The van der Waals surface area contributed by atoms with Crippen molar-refractivity contribution in [1.29, 1.82) is 0 Å². The van der Waals surface area contributed by atoms with Crippen LogP contribution in [0.3, 0.4) is 0 Å². The molecule has 0 bridgehead atoms. The van der Waals surface area contributed by atoms with E-state index in [-0.39, 0.29) is 11.8 Å². The highest BCUT2D eigenvalue weighted by Crippen LogP contribution is 2.27. The Morgan fingerprint density at radius 3 is 2.47 bits per heavy atom. The van der Waals surface area contributed by atoms with Crippen LogP contribution in [0.1, 0.15) is 29.7 Å². The van der Waals surface area contributed by atoms with Crippen molar-refractivity contribution >= 4 is 22.9 Å². The summed E-state index contributed by atoms with van der Waals surface area (Å²) in [6.07, 6.45) is 0.829. The van der Waals surface area contributed by atoms with E-state index in [1.165, 1.54) is 5.56 Å². The van der Waals surface area contributed by atoms with E-state index >= 15 is 0 Å². The van der Waals surface area contributed by atoms with E-state index in [2.05, 4.69) is 6.92 Å². The summed E-state index contributed by atoms with van der Waals surface area (Å²) in [4.78, 5) is 15.5. The SMILES string of the molecule is CCC(C(=O)N(C)c1ccc(C)cc1)c1cccs1. The second-order valence-corrected chi connectivity index (χ2v) is 5.69. The van der Waals surface area contributed by atoms with E-state index in [0.717, 1.165) is 17.0 Å². The summed E-state index contributed by atoms with van der Waals surface area (Å²) >= 11 is 1.65. The van der Waals surface area contributed by atoms with Gasteiger partial charge in [-0.05, 0) is 36.9 Å². The van der Waals surface area contributed by atoms with Gasteiger partial charge in [-0.25, -0.2) is 0 Å². The fourth-order valence-corrected chi connectivity index (χ4v) is 3.02. The van der Waals surface area contributed by atoms with Crippen LogP contribution in [0.4, 0.5) is 5.69 Å². The Bertz CT molecular complexity index is 530. The van der Waals surface area contributed by atoms with Gasteiger partial charge in [0.1, 0.15) is 0 Å². The molecule has 3 heteroatoms. The summed E-state index contributed by atoms with van der Waals surface area (Å²) < 4.78 is 0. The Kier molecular flexibility index (Phi) is 4.38.